The zero-order valence-corrected chi connectivity index (χ0v) is 11.2. The second kappa shape index (κ2) is 4.56. The van der Waals surface area contributed by atoms with Gasteiger partial charge >= 0.3 is 0 Å². The largest absolute Gasteiger partial charge is 0.508 e. The Balaban J connectivity index is 2.42. The van der Waals surface area contributed by atoms with E-state index in [9.17, 15) is 10.2 Å². The van der Waals surface area contributed by atoms with Crippen molar-refractivity contribution in [2.45, 2.75) is 50.7 Å². The van der Waals surface area contributed by atoms with E-state index >= 15 is 0 Å². The third kappa shape index (κ3) is 2.38. The van der Waals surface area contributed by atoms with Crippen molar-refractivity contribution in [2.75, 3.05) is 0 Å². The second-order valence-corrected chi connectivity index (χ2v) is 6.09. The predicted octanol–water partition coefficient (Wildman–Crippen LogP) is 2.51. The fourth-order valence-corrected chi connectivity index (χ4v) is 3.26. The fourth-order valence-electron chi connectivity index (χ4n) is 3.26. The molecule has 0 aromatic heterocycles. The Morgan fingerprint density at radius 2 is 2.06 bits per heavy atom. The zero-order valence-electron chi connectivity index (χ0n) is 11.2. The Bertz CT molecular complexity index is 425. The summed E-state index contributed by atoms with van der Waals surface area (Å²) >= 11 is 0. The summed E-state index contributed by atoms with van der Waals surface area (Å²) in [5.74, 6) is 0.209. The van der Waals surface area contributed by atoms with Gasteiger partial charge in [-0.1, -0.05) is 25.0 Å². The molecule has 100 valence electrons. The van der Waals surface area contributed by atoms with E-state index in [1.807, 2.05) is 19.9 Å². The lowest BCUT2D eigenvalue weighted by Gasteiger charge is -2.47. The highest BCUT2D eigenvalue weighted by Gasteiger charge is 2.46. The van der Waals surface area contributed by atoms with Gasteiger partial charge in [-0.2, -0.15) is 0 Å². The molecule has 1 aliphatic carbocycles. The number of rotatable bonds is 2. The van der Waals surface area contributed by atoms with E-state index in [-0.39, 0.29) is 11.7 Å². The van der Waals surface area contributed by atoms with Crippen LogP contribution in [0.1, 0.15) is 45.1 Å². The van der Waals surface area contributed by atoms with Gasteiger partial charge in [-0.15, -0.1) is 0 Å². The summed E-state index contributed by atoms with van der Waals surface area (Å²) in [5, 5.41) is 20.7. The van der Waals surface area contributed by atoms with Crippen LogP contribution in [0, 0.1) is 5.92 Å². The van der Waals surface area contributed by atoms with Crippen molar-refractivity contribution in [1.29, 1.82) is 0 Å². The lowest BCUT2D eigenvalue weighted by atomic mass is 9.64. The van der Waals surface area contributed by atoms with Crippen LogP contribution in [0.5, 0.6) is 5.75 Å². The van der Waals surface area contributed by atoms with E-state index in [0.717, 1.165) is 24.8 Å². The van der Waals surface area contributed by atoms with Crippen molar-refractivity contribution in [3.8, 4) is 5.75 Å². The summed E-state index contributed by atoms with van der Waals surface area (Å²) in [6.45, 7) is 3.94. The van der Waals surface area contributed by atoms with Gasteiger partial charge in [0.2, 0.25) is 0 Å². The molecule has 18 heavy (non-hydrogen) atoms. The van der Waals surface area contributed by atoms with E-state index in [0.29, 0.717) is 6.42 Å². The molecule has 1 aromatic rings. The molecule has 0 heterocycles. The number of aliphatic hydroxyl groups is 1. The third-order valence-corrected chi connectivity index (χ3v) is 4.12. The zero-order chi connectivity index (χ0) is 13.4. The normalized spacial score (nSPS) is 29.2. The molecule has 2 atom stereocenters. The van der Waals surface area contributed by atoms with Gasteiger partial charge in [0.25, 0.3) is 0 Å². The molecule has 1 fully saturated rings. The van der Waals surface area contributed by atoms with Crippen molar-refractivity contribution in [3.05, 3.63) is 29.8 Å². The molecule has 2 unspecified atom stereocenters. The molecular weight excluding hydrogens is 226 g/mol. The van der Waals surface area contributed by atoms with Crippen molar-refractivity contribution in [2.24, 2.45) is 11.7 Å². The van der Waals surface area contributed by atoms with E-state index in [1.165, 1.54) is 0 Å². The number of benzene rings is 1. The molecule has 0 aliphatic heterocycles. The summed E-state index contributed by atoms with van der Waals surface area (Å²) in [6.07, 6.45) is 3.74. The number of hydrogen-bond donors (Lipinski definition) is 3. The average molecular weight is 249 g/mol. The molecule has 3 nitrogen and oxygen atoms in total. The van der Waals surface area contributed by atoms with Crippen LogP contribution in [-0.4, -0.2) is 15.8 Å². The maximum absolute atomic E-state index is 11.1. The highest BCUT2D eigenvalue weighted by Crippen LogP contribution is 2.46. The Morgan fingerprint density at radius 3 is 2.67 bits per heavy atom. The van der Waals surface area contributed by atoms with Crippen LogP contribution in [-0.2, 0) is 5.60 Å². The quantitative estimate of drug-likeness (QED) is 0.754. The van der Waals surface area contributed by atoms with E-state index in [4.69, 9.17) is 5.73 Å². The minimum atomic E-state index is -0.921. The van der Waals surface area contributed by atoms with Crippen molar-refractivity contribution < 1.29 is 10.2 Å². The standard InChI is InChI=1S/C15H23NO2/c1-14(2,16)13-8-3-4-9-15(13,18)11-6-5-7-12(17)10-11/h5-7,10,13,17-18H,3-4,8-9,16H2,1-2H3. The molecular formula is C15H23NO2. The molecule has 0 amide bonds. The molecule has 3 heteroatoms. The highest BCUT2D eigenvalue weighted by molar-refractivity contribution is 5.33. The first kappa shape index (κ1) is 13.4. The molecule has 0 bridgehead atoms. The lowest BCUT2D eigenvalue weighted by molar-refractivity contribution is -0.0787. The number of phenols is 1. The molecule has 0 spiro atoms. The smallest absolute Gasteiger partial charge is 0.115 e. The third-order valence-electron chi connectivity index (χ3n) is 4.12. The Labute approximate surface area is 109 Å². The number of aromatic hydroxyl groups is 1. The topological polar surface area (TPSA) is 66.5 Å². The molecule has 0 saturated heterocycles. The van der Waals surface area contributed by atoms with Gasteiger partial charge in [-0.25, -0.2) is 0 Å². The average Bonchev–Trinajstić information content (AvgIpc) is 2.28. The molecule has 1 aliphatic rings. The first-order chi connectivity index (χ1) is 8.34. The van der Waals surface area contributed by atoms with E-state index in [2.05, 4.69) is 0 Å². The number of hydrogen-bond acceptors (Lipinski definition) is 3. The van der Waals surface area contributed by atoms with Gasteiger partial charge in [0.05, 0.1) is 5.60 Å². The van der Waals surface area contributed by atoms with Crippen molar-refractivity contribution in [1.82, 2.24) is 0 Å². The van der Waals surface area contributed by atoms with Crippen molar-refractivity contribution in [3.63, 3.8) is 0 Å². The summed E-state index contributed by atoms with van der Waals surface area (Å²) in [5.41, 5.74) is 5.67. The number of nitrogens with two attached hydrogens (primary N) is 1. The van der Waals surface area contributed by atoms with Gasteiger partial charge in [-0.3, -0.25) is 0 Å². The molecule has 4 N–H and O–H groups in total. The molecule has 2 rings (SSSR count). The van der Waals surface area contributed by atoms with Crippen LogP contribution in [0.2, 0.25) is 0 Å². The molecule has 1 saturated carbocycles. The van der Waals surface area contributed by atoms with Crippen LogP contribution in [0.4, 0.5) is 0 Å². The maximum atomic E-state index is 11.1. The summed E-state index contributed by atoms with van der Waals surface area (Å²) < 4.78 is 0. The Hall–Kier alpha value is -1.06. The monoisotopic (exact) mass is 249 g/mol. The lowest BCUT2D eigenvalue weighted by Crippen LogP contribution is -2.53. The summed E-state index contributed by atoms with van der Waals surface area (Å²) in [7, 11) is 0. The predicted molar refractivity (Wildman–Crippen MR) is 72.2 cm³/mol. The molecule has 1 aromatic carbocycles. The maximum Gasteiger partial charge on any atom is 0.115 e. The number of phenolic OH excluding ortho intramolecular Hbond substituents is 1. The van der Waals surface area contributed by atoms with Gasteiger partial charge in [0.15, 0.2) is 0 Å². The Morgan fingerprint density at radius 1 is 1.33 bits per heavy atom. The van der Waals surface area contributed by atoms with Gasteiger partial charge < -0.3 is 15.9 Å². The van der Waals surface area contributed by atoms with Crippen LogP contribution in [0.15, 0.2) is 24.3 Å². The summed E-state index contributed by atoms with van der Waals surface area (Å²) in [4.78, 5) is 0. The SMILES string of the molecule is CC(C)(N)C1CCCCC1(O)c1cccc(O)c1. The van der Waals surface area contributed by atoms with Gasteiger partial charge in [0.1, 0.15) is 5.75 Å². The van der Waals surface area contributed by atoms with Gasteiger partial charge in [-0.05, 0) is 44.4 Å². The first-order valence-electron chi connectivity index (χ1n) is 6.65. The van der Waals surface area contributed by atoms with Crippen LogP contribution >= 0.6 is 0 Å². The second-order valence-electron chi connectivity index (χ2n) is 6.09. The van der Waals surface area contributed by atoms with Crippen LogP contribution < -0.4 is 5.73 Å². The minimum absolute atomic E-state index is 0.0144. The summed E-state index contributed by atoms with van der Waals surface area (Å²) in [6, 6.07) is 6.93. The van der Waals surface area contributed by atoms with E-state index in [1.54, 1.807) is 18.2 Å². The minimum Gasteiger partial charge on any atom is -0.508 e. The van der Waals surface area contributed by atoms with E-state index < -0.39 is 11.1 Å². The van der Waals surface area contributed by atoms with Gasteiger partial charge in [0, 0.05) is 11.5 Å². The molecule has 0 radical (unpaired) electrons. The first-order valence-corrected chi connectivity index (χ1v) is 6.65. The Kier molecular flexibility index (Phi) is 3.39. The van der Waals surface area contributed by atoms with Crippen LogP contribution in [0.25, 0.3) is 0 Å². The fraction of sp³-hybridized carbons (Fsp3) is 0.600. The van der Waals surface area contributed by atoms with Crippen LogP contribution in [0.3, 0.4) is 0 Å². The highest BCUT2D eigenvalue weighted by atomic mass is 16.3. The van der Waals surface area contributed by atoms with Crippen molar-refractivity contribution >= 4 is 0 Å².